The number of aryl methyl sites for hydroxylation is 1. The Bertz CT molecular complexity index is 1320. The normalized spacial score (nSPS) is 11.1. The van der Waals surface area contributed by atoms with Crippen LogP contribution in [-0.4, -0.2) is 28.3 Å². The standard InChI is InChI=1S/C22H17ClN2O6/c1-3-29-18(26)11-19(27)31-15-8-9-17-16(10-15)21-20(12(2)30-17)22(28)25(24-21)14-6-4-13(23)5-7-14/h4-10H,3,11H2,1-2H3. The first-order chi connectivity index (χ1) is 14.9. The summed E-state index contributed by atoms with van der Waals surface area (Å²) in [6.07, 6.45) is -0.505. The summed E-state index contributed by atoms with van der Waals surface area (Å²) in [7, 11) is 0. The maximum absolute atomic E-state index is 13.0. The number of benzene rings is 2. The lowest BCUT2D eigenvalue weighted by molar-refractivity contribution is -0.149. The molecule has 0 radical (unpaired) electrons. The molecule has 2 heterocycles. The zero-order chi connectivity index (χ0) is 22.1. The molecule has 9 heteroatoms. The third-order valence-electron chi connectivity index (χ3n) is 4.56. The Morgan fingerprint density at radius 3 is 2.58 bits per heavy atom. The average molecular weight is 441 g/mol. The Morgan fingerprint density at radius 2 is 1.87 bits per heavy atom. The monoisotopic (exact) mass is 440 g/mol. The van der Waals surface area contributed by atoms with Crippen LogP contribution in [0.2, 0.25) is 5.02 Å². The highest BCUT2D eigenvalue weighted by atomic mass is 35.5. The third kappa shape index (κ3) is 4.02. The van der Waals surface area contributed by atoms with E-state index in [0.717, 1.165) is 0 Å². The number of esters is 2. The van der Waals surface area contributed by atoms with Crippen molar-refractivity contribution >= 4 is 34.5 Å². The Morgan fingerprint density at radius 1 is 1.13 bits per heavy atom. The van der Waals surface area contributed by atoms with Gasteiger partial charge in [-0.1, -0.05) is 11.6 Å². The number of carbonyl (C=O) groups excluding carboxylic acids is 2. The average Bonchev–Trinajstić information content (AvgIpc) is 3.07. The van der Waals surface area contributed by atoms with E-state index in [2.05, 4.69) is 5.10 Å². The van der Waals surface area contributed by atoms with Crippen LogP contribution in [0.4, 0.5) is 0 Å². The topological polar surface area (TPSA) is 101 Å². The Labute approximate surface area is 181 Å². The zero-order valence-electron chi connectivity index (χ0n) is 16.7. The molecule has 158 valence electrons. The molecule has 4 rings (SSSR count). The van der Waals surface area contributed by atoms with Gasteiger partial charge in [0, 0.05) is 10.4 Å². The number of rotatable bonds is 5. The first-order valence-electron chi connectivity index (χ1n) is 9.46. The zero-order valence-corrected chi connectivity index (χ0v) is 17.4. The van der Waals surface area contributed by atoms with Gasteiger partial charge >= 0.3 is 11.9 Å². The number of aromatic nitrogens is 2. The van der Waals surface area contributed by atoms with Gasteiger partial charge in [0.05, 0.1) is 12.3 Å². The van der Waals surface area contributed by atoms with E-state index < -0.39 is 18.4 Å². The van der Waals surface area contributed by atoms with Gasteiger partial charge in [-0.2, -0.15) is 9.78 Å². The van der Waals surface area contributed by atoms with Gasteiger partial charge in [0.15, 0.2) is 0 Å². The van der Waals surface area contributed by atoms with Gasteiger partial charge in [0.2, 0.25) is 0 Å². The van der Waals surface area contributed by atoms with Gasteiger partial charge in [-0.3, -0.25) is 14.4 Å². The highest BCUT2D eigenvalue weighted by molar-refractivity contribution is 6.30. The summed E-state index contributed by atoms with van der Waals surface area (Å²) >= 11 is 5.94. The summed E-state index contributed by atoms with van der Waals surface area (Å²) in [5, 5.41) is 5.51. The van der Waals surface area contributed by atoms with E-state index in [1.807, 2.05) is 0 Å². The molecule has 0 aliphatic carbocycles. The lowest BCUT2D eigenvalue weighted by Crippen LogP contribution is -2.16. The Hall–Kier alpha value is -3.65. The summed E-state index contributed by atoms with van der Waals surface area (Å²) in [5.41, 5.74) is 1.40. The van der Waals surface area contributed by atoms with E-state index >= 15 is 0 Å². The third-order valence-corrected chi connectivity index (χ3v) is 4.81. The van der Waals surface area contributed by atoms with Crippen LogP contribution in [0.3, 0.4) is 0 Å². The lowest BCUT2D eigenvalue weighted by atomic mass is 10.1. The molecule has 0 saturated carbocycles. The van der Waals surface area contributed by atoms with Crippen LogP contribution in [-0.2, 0) is 14.3 Å². The molecule has 0 spiro atoms. The van der Waals surface area contributed by atoms with E-state index in [1.165, 1.54) is 10.7 Å². The summed E-state index contributed by atoms with van der Waals surface area (Å²) < 4.78 is 17.0. The van der Waals surface area contributed by atoms with Crippen LogP contribution in [0, 0.1) is 6.92 Å². The number of fused-ring (bicyclic) bond motifs is 3. The van der Waals surface area contributed by atoms with Crippen LogP contribution < -0.4 is 10.3 Å². The van der Waals surface area contributed by atoms with E-state index in [-0.39, 0.29) is 17.9 Å². The van der Waals surface area contributed by atoms with Crippen LogP contribution in [0.15, 0.2) is 51.7 Å². The first kappa shape index (κ1) is 20.6. The molecule has 0 N–H and O–H groups in total. The molecule has 31 heavy (non-hydrogen) atoms. The molecule has 0 aromatic heterocycles. The van der Waals surface area contributed by atoms with E-state index in [9.17, 15) is 14.4 Å². The van der Waals surface area contributed by atoms with Gasteiger partial charge in [-0.05, 0) is 56.3 Å². The molecule has 2 aromatic rings. The molecule has 8 nitrogen and oxygen atoms in total. The van der Waals surface area contributed by atoms with Gasteiger partial charge in [-0.25, -0.2) is 0 Å². The number of hydrogen-bond acceptors (Lipinski definition) is 7. The van der Waals surface area contributed by atoms with Crippen LogP contribution in [0.5, 0.6) is 5.75 Å². The Kier molecular flexibility index (Phi) is 5.48. The molecule has 0 amide bonds. The van der Waals surface area contributed by atoms with Crippen LogP contribution in [0.1, 0.15) is 19.1 Å². The second kappa shape index (κ2) is 8.23. The number of hydrogen-bond donors (Lipinski definition) is 0. The predicted octanol–water partition coefficient (Wildman–Crippen LogP) is 3.90. The van der Waals surface area contributed by atoms with E-state index in [1.54, 1.807) is 50.2 Å². The van der Waals surface area contributed by atoms with Crippen molar-refractivity contribution in [3.8, 4) is 22.7 Å². The van der Waals surface area contributed by atoms with E-state index in [4.69, 9.17) is 25.5 Å². The van der Waals surface area contributed by atoms with Crippen LogP contribution in [0.25, 0.3) is 27.9 Å². The molecular formula is C22H17ClN2O6. The van der Waals surface area contributed by atoms with Crippen molar-refractivity contribution in [1.82, 2.24) is 9.78 Å². The fourth-order valence-corrected chi connectivity index (χ4v) is 3.35. The largest absolute Gasteiger partial charge is 0.466 e. The van der Waals surface area contributed by atoms with Crippen molar-refractivity contribution in [2.45, 2.75) is 20.3 Å². The second-order valence-corrected chi connectivity index (χ2v) is 7.13. The minimum atomic E-state index is -0.755. The summed E-state index contributed by atoms with van der Waals surface area (Å²) in [4.78, 5) is 36.5. The van der Waals surface area contributed by atoms with Crippen molar-refractivity contribution in [2.24, 2.45) is 0 Å². The number of ether oxygens (including phenoxy) is 2. The fourth-order valence-electron chi connectivity index (χ4n) is 3.23. The van der Waals surface area contributed by atoms with Gasteiger partial charge in [0.25, 0.3) is 5.56 Å². The minimum absolute atomic E-state index is 0.175. The molecule has 2 aromatic carbocycles. The maximum atomic E-state index is 13.0. The predicted molar refractivity (Wildman–Crippen MR) is 113 cm³/mol. The number of carbonyl (C=O) groups is 2. The quantitative estimate of drug-likeness (QED) is 0.263. The van der Waals surface area contributed by atoms with Gasteiger partial charge < -0.3 is 13.9 Å². The Balaban J connectivity index is 1.77. The number of halogens is 1. The minimum Gasteiger partial charge on any atom is -0.466 e. The maximum Gasteiger partial charge on any atom is 0.322 e. The molecule has 0 bridgehead atoms. The lowest BCUT2D eigenvalue weighted by Gasteiger charge is -2.08. The van der Waals surface area contributed by atoms with Crippen molar-refractivity contribution in [2.75, 3.05) is 6.61 Å². The van der Waals surface area contributed by atoms with Crippen LogP contribution >= 0.6 is 11.6 Å². The molecule has 2 aliphatic heterocycles. The highest BCUT2D eigenvalue weighted by Gasteiger charge is 2.24. The molecule has 0 fully saturated rings. The fraction of sp³-hybridized carbons (Fsp3) is 0.182. The highest BCUT2D eigenvalue weighted by Crippen LogP contribution is 2.33. The molecule has 0 saturated heterocycles. The summed E-state index contributed by atoms with van der Waals surface area (Å²) in [6, 6.07) is 11.4. The van der Waals surface area contributed by atoms with Crippen molar-refractivity contribution in [1.29, 1.82) is 0 Å². The molecule has 0 unspecified atom stereocenters. The smallest absolute Gasteiger partial charge is 0.322 e. The van der Waals surface area contributed by atoms with Crippen molar-refractivity contribution in [3.63, 3.8) is 0 Å². The first-order valence-corrected chi connectivity index (χ1v) is 9.83. The summed E-state index contributed by atoms with van der Waals surface area (Å²) in [6.45, 7) is 3.51. The molecule has 2 aliphatic rings. The SMILES string of the molecule is CCOC(=O)CC(=O)Oc1ccc2oc(C)c3c(=O)n(-c4ccc(Cl)cc4)nc-3c2c1. The van der Waals surface area contributed by atoms with E-state index in [0.29, 0.717) is 38.7 Å². The molecular weight excluding hydrogens is 424 g/mol. The number of nitrogens with zero attached hydrogens (tertiary/aromatic N) is 2. The molecule has 0 atom stereocenters. The van der Waals surface area contributed by atoms with Crippen molar-refractivity contribution < 1.29 is 23.5 Å². The van der Waals surface area contributed by atoms with Gasteiger partial charge in [-0.15, -0.1) is 0 Å². The second-order valence-electron chi connectivity index (χ2n) is 6.69. The van der Waals surface area contributed by atoms with Crippen molar-refractivity contribution in [3.05, 3.63) is 63.6 Å². The van der Waals surface area contributed by atoms with Gasteiger partial charge in [0.1, 0.15) is 34.8 Å². The summed E-state index contributed by atoms with van der Waals surface area (Å²) in [5.74, 6) is -0.816.